The number of anilines is 1. The second-order valence-corrected chi connectivity index (χ2v) is 3.80. The number of nitrogens with zero attached hydrogens (tertiary/aromatic N) is 2. The van der Waals surface area contributed by atoms with E-state index in [0.29, 0.717) is 12.4 Å². The Morgan fingerprint density at radius 1 is 1.22 bits per heavy atom. The van der Waals surface area contributed by atoms with Crippen LogP contribution in [0.25, 0.3) is 11.5 Å². The van der Waals surface area contributed by atoms with Crippen LogP contribution in [0.3, 0.4) is 0 Å². The Balaban J connectivity index is 1.70. The topological polar surface area (TPSA) is 66.7 Å². The van der Waals surface area contributed by atoms with Gasteiger partial charge in [0.15, 0.2) is 5.95 Å². The SMILES string of the molecule is c1ccc(-c2nc(CNc3ncc[nH]3)co2)cc1. The predicted octanol–water partition coefficient (Wildman–Crippen LogP) is 2.68. The maximum absolute atomic E-state index is 5.44. The molecule has 0 atom stereocenters. The number of nitrogens with one attached hydrogen (secondary N) is 2. The molecule has 0 fully saturated rings. The summed E-state index contributed by atoms with van der Waals surface area (Å²) in [6.07, 6.45) is 5.11. The van der Waals surface area contributed by atoms with Crippen molar-refractivity contribution in [1.29, 1.82) is 0 Å². The number of H-pyrrole nitrogens is 1. The highest BCUT2D eigenvalue weighted by molar-refractivity contribution is 5.52. The van der Waals surface area contributed by atoms with Gasteiger partial charge in [0, 0.05) is 18.0 Å². The lowest BCUT2D eigenvalue weighted by Crippen LogP contribution is -2.00. The van der Waals surface area contributed by atoms with Crippen LogP contribution in [-0.4, -0.2) is 15.0 Å². The maximum Gasteiger partial charge on any atom is 0.226 e. The molecule has 0 aliphatic carbocycles. The summed E-state index contributed by atoms with van der Waals surface area (Å²) in [4.78, 5) is 11.4. The molecule has 0 aliphatic heterocycles. The third-order valence-corrected chi connectivity index (χ3v) is 2.51. The van der Waals surface area contributed by atoms with E-state index in [1.807, 2.05) is 30.3 Å². The quantitative estimate of drug-likeness (QED) is 0.735. The van der Waals surface area contributed by atoms with Crippen LogP contribution in [0.4, 0.5) is 5.95 Å². The third-order valence-electron chi connectivity index (χ3n) is 2.51. The standard InChI is InChI=1S/C13H12N4O/c1-2-4-10(5-3-1)12-17-11(9-18-12)8-16-13-14-6-7-15-13/h1-7,9H,8H2,(H2,14,15,16). The number of hydrogen-bond acceptors (Lipinski definition) is 4. The van der Waals surface area contributed by atoms with E-state index in [9.17, 15) is 0 Å². The number of rotatable bonds is 4. The molecule has 0 saturated carbocycles. The van der Waals surface area contributed by atoms with Crippen LogP contribution in [0.5, 0.6) is 0 Å². The fraction of sp³-hybridized carbons (Fsp3) is 0.0769. The van der Waals surface area contributed by atoms with Crippen molar-refractivity contribution < 1.29 is 4.42 Å². The number of benzene rings is 1. The molecule has 5 nitrogen and oxygen atoms in total. The fourth-order valence-corrected chi connectivity index (χ4v) is 1.64. The van der Waals surface area contributed by atoms with E-state index in [1.165, 1.54) is 0 Å². The summed E-state index contributed by atoms with van der Waals surface area (Å²) in [5, 5.41) is 3.12. The van der Waals surface area contributed by atoms with Gasteiger partial charge in [-0.15, -0.1) is 0 Å². The van der Waals surface area contributed by atoms with Crippen LogP contribution in [-0.2, 0) is 6.54 Å². The van der Waals surface area contributed by atoms with Crippen LogP contribution in [0.15, 0.2) is 53.4 Å². The summed E-state index contributed by atoms with van der Waals surface area (Å²) in [5.74, 6) is 1.35. The van der Waals surface area contributed by atoms with Gasteiger partial charge in [-0.25, -0.2) is 9.97 Å². The van der Waals surface area contributed by atoms with E-state index >= 15 is 0 Å². The molecule has 2 N–H and O–H groups in total. The van der Waals surface area contributed by atoms with Crippen LogP contribution >= 0.6 is 0 Å². The summed E-state index contributed by atoms with van der Waals surface area (Å²) < 4.78 is 5.44. The van der Waals surface area contributed by atoms with Gasteiger partial charge in [-0.2, -0.15) is 0 Å². The van der Waals surface area contributed by atoms with Gasteiger partial charge in [-0.05, 0) is 12.1 Å². The summed E-state index contributed by atoms with van der Waals surface area (Å²) in [7, 11) is 0. The molecule has 0 aliphatic rings. The van der Waals surface area contributed by atoms with Gasteiger partial charge >= 0.3 is 0 Å². The van der Waals surface area contributed by atoms with E-state index in [-0.39, 0.29) is 0 Å². The van der Waals surface area contributed by atoms with Gasteiger partial charge in [-0.1, -0.05) is 18.2 Å². The van der Waals surface area contributed by atoms with E-state index in [1.54, 1.807) is 18.7 Å². The summed E-state index contributed by atoms with van der Waals surface area (Å²) in [6, 6.07) is 9.82. The second kappa shape index (κ2) is 4.75. The molecule has 2 aromatic heterocycles. The Hall–Kier alpha value is -2.56. The first-order valence-electron chi connectivity index (χ1n) is 5.65. The Morgan fingerprint density at radius 2 is 2.11 bits per heavy atom. The lowest BCUT2D eigenvalue weighted by Gasteiger charge is -1.97. The molecule has 90 valence electrons. The van der Waals surface area contributed by atoms with Crippen molar-refractivity contribution in [3.63, 3.8) is 0 Å². The molecule has 0 saturated heterocycles. The summed E-state index contributed by atoms with van der Waals surface area (Å²) >= 11 is 0. The Labute approximate surface area is 104 Å². The number of imidazole rings is 1. The third kappa shape index (κ3) is 2.24. The minimum Gasteiger partial charge on any atom is -0.444 e. The number of hydrogen-bond donors (Lipinski definition) is 2. The Morgan fingerprint density at radius 3 is 2.89 bits per heavy atom. The van der Waals surface area contributed by atoms with E-state index in [2.05, 4.69) is 20.3 Å². The monoisotopic (exact) mass is 240 g/mol. The predicted molar refractivity (Wildman–Crippen MR) is 67.9 cm³/mol. The highest BCUT2D eigenvalue weighted by Gasteiger charge is 2.06. The molecule has 0 spiro atoms. The molecule has 5 heteroatoms. The zero-order chi connectivity index (χ0) is 12.2. The summed E-state index contributed by atoms with van der Waals surface area (Å²) in [6.45, 7) is 0.573. The average Bonchev–Trinajstić information content (AvgIpc) is 3.09. The first kappa shape index (κ1) is 10.6. The van der Waals surface area contributed by atoms with Crippen molar-refractivity contribution in [2.75, 3.05) is 5.32 Å². The molecule has 3 rings (SSSR count). The van der Waals surface area contributed by atoms with Gasteiger partial charge in [0.25, 0.3) is 0 Å². The van der Waals surface area contributed by atoms with Crippen LogP contribution in [0, 0.1) is 0 Å². The zero-order valence-corrected chi connectivity index (χ0v) is 9.63. The van der Waals surface area contributed by atoms with Gasteiger partial charge < -0.3 is 14.7 Å². The maximum atomic E-state index is 5.44. The smallest absolute Gasteiger partial charge is 0.226 e. The van der Waals surface area contributed by atoms with E-state index in [0.717, 1.165) is 17.2 Å². The van der Waals surface area contributed by atoms with Gasteiger partial charge in [-0.3, -0.25) is 0 Å². The largest absolute Gasteiger partial charge is 0.444 e. The van der Waals surface area contributed by atoms with Crippen LogP contribution in [0.1, 0.15) is 5.69 Å². The van der Waals surface area contributed by atoms with Crippen molar-refractivity contribution in [1.82, 2.24) is 15.0 Å². The second-order valence-electron chi connectivity index (χ2n) is 3.80. The molecule has 1 aromatic carbocycles. The molecule has 3 aromatic rings. The van der Waals surface area contributed by atoms with Crippen molar-refractivity contribution in [2.45, 2.75) is 6.54 Å². The molecule has 0 bridgehead atoms. The highest BCUT2D eigenvalue weighted by atomic mass is 16.3. The average molecular weight is 240 g/mol. The molecular weight excluding hydrogens is 228 g/mol. The summed E-state index contributed by atoms with van der Waals surface area (Å²) in [5.41, 5.74) is 1.81. The minimum absolute atomic E-state index is 0.573. The molecule has 0 unspecified atom stereocenters. The van der Waals surface area contributed by atoms with Gasteiger partial charge in [0.05, 0.1) is 12.2 Å². The van der Waals surface area contributed by atoms with Gasteiger partial charge in [0.2, 0.25) is 5.89 Å². The van der Waals surface area contributed by atoms with Crippen molar-refractivity contribution in [2.24, 2.45) is 0 Å². The fourth-order valence-electron chi connectivity index (χ4n) is 1.64. The molecule has 0 amide bonds. The first-order valence-corrected chi connectivity index (χ1v) is 5.65. The number of aromatic nitrogens is 3. The molecule has 18 heavy (non-hydrogen) atoms. The highest BCUT2D eigenvalue weighted by Crippen LogP contribution is 2.18. The normalized spacial score (nSPS) is 10.4. The minimum atomic E-state index is 0.573. The lowest BCUT2D eigenvalue weighted by atomic mass is 10.2. The van der Waals surface area contributed by atoms with Gasteiger partial charge in [0.1, 0.15) is 6.26 Å². The number of oxazole rings is 1. The first-order chi connectivity index (χ1) is 8.92. The van der Waals surface area contributed by atoms with Crippen molar-refractivity contribution in [3.05, 3.63) is 54.7 Å². The van der Waals surface area contributed by atoms with Crippen LogP contribution in [0.2, 0.25) is 0 Å². The van der Waals surface area contributed by atoms with Crippen LogP contribution < -0.4 is 5.32 Å². The van der Waals surface area contributed by atoms with E-state index < -0.39 is 0 Å². The van der Waals surface area contributed by atoms with Crippen molar-refractivity contribution in [3.8, 4) is 11.5 Å². The Kier molecular flexibility index (Phi) is 2.79. The molecule has 2 heterocycles. The zero-order valence-electron chi connectivity index (χ0n) is 9.63. The Bertz CT molecular complexity index is 601. The van der Waals surface area contributed by atoms with Crippen molar-refractivity contribution >= 4 is 5.95 Å². The molecule has 0 radical (unpaired) electrons. The molecular formula is C13H12N4O. The number of aromatic amines is 1. The lowest BCUT2D eigenvalue weighted by molar-refractivity contribution is 0.573. The van der Waals surface area contributed by atoms with E-state index in [4.69, 9.17) is 4.42 Å².